The molecule has 2 aromatic rings. The van der Waals surface area contributed by atoms with Crippen molar-refractivity contribution in [3.8, 4) is 5.75 Å². The minimum atomic E-state index is -0.342. The van der Waals surface area contributed by atoms with E-state index in [4.69, 9.17) is 4.74 Å². The highest BCUT2D eigenvalue weighted by molar-refractivity contribution is 7.10. The van der Waals surface area contributed by atoms with Gasteiger partial charge < -0.3 is 19.9 Å². The van der Waals surface area contributed by atoms with Gasteiger partial charge in [0, 0.05) is 23.0 Å². The van der Waals surface area contributed by atoms with Crippen molar-refractivity contribution in [2.24, 2.45) is 0 Å². The highest BCUT2D eigenvalue weighted by atomic mass is 32.1. The fourth-order valence-corrected chi connectivity index (χ4v) is 5.31. The largest absolute Gasteiger partial charge is 0.491 e. The van der Waals surface area contributed by atoms with Gasteiger partial charge in [0.1, 0.15) is 18.9 Å². The van der Waals surface area contributed by atoms with E-state index in [-0.39, 0.29) is 36.1 Å². The van der Waals surface area contributed by atoms with Gasteiger partial charge in [-0.15, -0.1) is 11.3 Å². The van der Waals surface area contributed by atoms with E-state index in [1.807, 2.05) is 37.8 Å². The lowest BCUT2D eigenvalue weighted by atomic mass is 10.00. The molecule has 0 bridgehead atoms. The van der Waals surface area contributed by atoms with Crippen LogP contribution in [0.2, 0.25) is 0 Å². The monoisotopic (exact) mass is 483 g/mol. The molecular weight excluding hydrogens is 446 g/mol. The number of rotatable bonds is 7. The number of nitrogens with zero attached hydrogens (tertiary/aromatic N) is 2. The molecule has 0 saturated heterocycles. The van der Waals surface area contributed by atoms with Crippen molar-refractivity contribution in [3.05, 3.63) is 51.7 Å². The Kier molecular flexibility index (Phi) is 7.22. The molecule has 1 aliphatic carbocycles. The van der Waals surface area contributed by atoms with Gasteiger partial charge in [-0.1, -0.05) is 26.0 Å². The SMILES string of the molecule is CC(C)c1ccc(OC[C@@H]2c3ccsc3CCN2C(=O)CN(C(=O)NC(C)(C)C)C2CC2)cc1. The Hall–Kier alpha value is -2.54. The molecular formula is C27H37N3O3S. The van der Waals surface area contributed by atoms with Gasteiger partial charge in [0.05, 0.1) is 6.04 Å². The second kappa shape index (κ2) is 9.98. The molecule has 1 aliphatic heterocycles. The predicted octanol–water partition coefficient (Wildman–Crippen LogP) is 5.35. The summed E-state index contributed by atoms with van der Waals surface area (Å²) in [5, 5.41) is 5.12. The van der Waals surface area contributed by atoms with E-state index in [1.165, 1.54) is 16.0 Å². The molecule has 1 atom stereocenters. The van der Waals surface area contributed by atoms with E-state index >= 15 is 0 Å². The minimum absolute atomic E-state index is 0.0171. The standard InChI is InChI=1S/C27H37N3O3S/c1-18(2)19-6-10-21(11-7-19)33-17-23-22-13-15-34-24(22)12-14-29(23)25(31)16-30(20-8-9-20)26(32)28-27(3,4)5/h6-7,10-11,13,15,18,20,23H,8-9,12,14,16-17H2,1-5H3,(H,28,32)/t23-/m1/s1. The maximum absolute atomic E-state index is 13.5. The number of benzene rings is 1. The van der Waals surface area contributed by atoms with Crippen LogP contribution in [0.5, 0.6) is 5.75 Å². The van der Waals surface area contributed by atoms with Gasteiger partial charge in [0.2, 0.25) is 5.91 Å². The first-order chi connectivity index (χ1) is 16.1. The Balaban J connectivity index is 1.47. The summed E-state index contributed by atoms with van der Waals surface area (Å²) in [6, 6.07) is 10.2. The van der Waals surface area contributed by atoms with Gasteiger partial charge >= 0.3 is 6.03 Å². The maximum atomic E-state index is 13.5. The summed E-state index contributed by atoms with van der Waals surface area (Å²) in [6.07, 6.45) is 2.76. The average molecular weight is 484 g/mol. The zero-order chi connectivity index (χ0) is 24.5. The fourth-order valence-electron chi connectivity index (χ4n) is 4.38. The molecule has 0 unspecified atom stereocenters. The number of fused-ring (bicyclic) bond motifs is 1. The average Bonchev–Trinajstić information content (AvgIpc) is 3.50. The van der Waals surface area contributed by atoms with Crippen LogP contribution in [0.15, 0.2) is 35.7 Å². The summed E-state index contributed by atoms with van der Waals surface area (Å²) in [4.78, 5) is 31.4. The molecule has 184 valence electrons. The van der Waals surface area contributed by atoms with Crippen molar-refractivity contribution in [1.29, 1.82) is 0 Å². The number of ether oxygens (including phenoxy) is 1. The van der Waals surface area contributed by atoms with Crippen LogP contribution in [0.4, 0.5) is 4.79 Å². The number of thiophene rings is 1. The van der Waals surface area contributed by atoms with Crippen molar-refractivity contribution < 1.29 is 14.3 Å². The van der Waals surface area contributed by atoms with Crippen molar-refractivity contribution in [1.82, 2.24) is 15.1 Å². The number of hydrogen-bond acceptors (Lipinski definition) is 4. The lowest BCUT2D eigenvalue weighted by molar-refractivity contribution is -0.135. The van der Waals surface area contributed by atoms with Crippen LogP contribution in [0.25, 0.3) is 0 Å². The van der Waals surface area contributed by atoms with E-state index in [2.05, 4.69) is 42.7 Å². The molecule has 0 radical (unpaired) electrons. The molecule has 1 N–H and O–H groups in total. The van der Waals surface area contributed by atoms with Crippen molar-refractivity contribution in [3.63, 3.8) is 0 Å². The summed E-state index contributed by atoms with van der Waals surface area (Å²) in [5.74, 6) is 1.26. The molecule has 3 amide bonds. The third-order valence-corrected chi connectivity index (χ3v) is 7.40. The zero-order valence-electron chi connectivity index (χ0n) is 21.0. The first-order valence-corrected chi connectivity index (χ1v) is 13.2. The molecule has 7 heteroatoms. The van der Waals surface area contributed by atoms with Crippen molar-refractivity contribution in [2.75, 3.05) is 19.7 Å². The molecule has 2 aliphatic rings. The molecule has 6 nitrogen and oxygen atoms in total. The molecule has 1 aromatic carbocycles. The lowest BCUT2D eigenvalue weighted by Gasteiger charge is -2.37. The summed E-state index contributed by atoms with van der Waals surface area (Å²) in [5.41, 5.74) is 2.10. The molecule has 1 aromatic heterocycles. The number of nitrogens with one attached hydrogen (secondary N) is 1. The van der Waals surface area contributed by atoms with Crippen LogP contribution < -0.4 is 10.1 Å². The number of amides is 3. The van der Waals surface area contributed by atoms with Crippen LogP contribution in [-0.4, -0.2) is 53.0 Å². The van der Waals surface area contributed by atoms with E-state index in [0.29, 0.717) is 19.1 Å². The van der Waals surface area contributed by atoms with E-state index < -0.39 is 0 Å². The van der Waals surface area contributed by atoms with Crippen LogP contribution >= 0.6 is 11.3 Å². The van der Waals surface area contributed by atoms with Crippen molar-refractivity contribution in [2.45, 2.75) is 77.4 Å². The Labute approximate surface area is 207 Å². The summed E-state index contributed by atoms with van der Waals surface area (Å²) in [7, 11) is 0. The fraction of sp³-hybridized carbons (Fsp3) is 0.556. The van der Waals surface area contributed by atoms with Gasteiger partial charge in [-0.05, 0) is 80.7 Å². The smallest absolute Gasteiger partial charge is 0.318 e. The van der Waals surface area contributed by atoms with Crippen LogP contribution in [-0.2, 0) is 11.2 Å². The lowest BCUT2D eigenvalue weighted by Crippen LogP contribution is -2.53. The van der Waals surface area contributed by atoms with E-state index in [9.17, 15) is 9.59 Å². The Morgan fingerprint density at radius 3 is 2.50 bits per heavy atom. The van der Waals surface area contributed by atoms with Crippen LogP contribution in [0.3, 0.4) is 0 Å². The maximum Gasteiger partial charge on any atom is 0.318 e. The van der Waals surface area contributed by atoms with Gasteiger partial charge in [-0.25, -0.2) is 4.79 Å². The second-order valence-corrected chi connectivity index (χ2v) is 11.7. The van der Waals surface area contributed by atoms with Crippen molar-refractivity contribution >= 4 is 23.3 Å². The second-order valence-electron chi connectivity index (χ2n) is 10.7. The van der Waals surface area contributed by atoms with Gasteiger partial charge in [0.25, 0.3) is 0 Å². The molecule has 34 heavy (non-hydrogen) atoms. The van der Waals surface area contributed by atoms with Gasteiger partial charge in [-0.2, -0.15) is 0 Å². The Bertz CT molecular complexity index is 1000. The Morgan fingerprint density at radius 1 is 1.18 bits per heavy atom. The summed E-state index contributed by atoms with van der Waals surface area (Å²) < 4.78 is 6.18. The van der Waals surface area contributed by atoms with E-state index in [1.54, 1.807) is 16.2 Å². The highest BCUT2D eigenvalue weighted by Crippen LogP contribution is 2.35. The quantitative estimate of drug-likeness (QED) is 0.578. The van der Waals surface area contributed by atoms with Crippen LogP contribution in [0.1, 0.15) is 75.4 Å². The molecule has 1 fully saturated rings. The third kappa shape index (κ3) is 5.93. The van der Waals surface area contributed by atoms with Gasteiger partial charge in [0.15, 0.2) is 0 Å². The molecule has 1 saturated carbocycles. The molecule has 0 spiro atoms. The number of urea groups is 1. The first kappa shape index (κ1) is 24.6. The molecule has 2 heterocycles. The normalized spacial score (nSPS) is 17.9. The third-order valence-electron chi connectivity index (χ3n) is 6.41. The van der Waals surface area contributed by atoms with E-state index in [0.717, 1.165) is 25.0 Å². The van der Waals surface area contributed by atoms with Gasteiger partial charge in [-0.3, -0.25) is 4.79 Å². The highest BCUT2D eigenvalue weighted by Gasteiger charge is 2.38. The zero-order valence-corrected chi connectivity index (χ0v) is 21.8. The van der Waals surface area contributed by atoms with Crippen LogP contribution in [0, 0.1) is 0 Å². The number of hydrogen-bond donors (Lipinski definition) is 1. The summed E-state index contributed by atoms with van der Waals surface area (Å²) >= 11 is 1.74. The molecule has 4 rings (SSSR count). The minimum Gasteiger partial charge on any atom is -0.491 e. The number of carbonyl (C=O) groups excluding carboxylic acids is 2. The number of carbonyl (C=O) groups is 2. The topological polar surface area (TPSA) is 61.9 Å². The first-order valence-electron chi connectivity index (χ1n) is 12.3. The Morgan fingerprint density at radius 2 is 1.88 bits per heavy atom. The summed E-state index contributed by atoms with van der Waals surface area (Å²) in [6.45, 7) is 11.4. The predicted molar refractivity (Wildman–Crippen MR) is 137 cm³/mol.